The number of anilines is 1. The minimum absolute atomic E-state index is 0.139. The van der Waals surface area contributed by atoms with Crippen molar-refractivity contribution in [3.63, 3.8) is 0 Å². The van der Waals surface area contributed by atoms with Crippen LogP contribution in [0.15, 0.2) is 64.8 Å². The van der Waals surface area contributed by atoms with E-state index in [2.05, 4.69) is 22.5 Å². The summed E-state index contributed by atoms with van der Waals surface area (Å²) in [5.74, 6) is 2.32. The van der Waals surface area contributed by atoms with E-state index in [1.54, 1.807) is 24.3 Å². The van der Waals surface area contributed by atoms with Gasteiger partial charge in [0.2, 0.25) is 5.91 Å². The van der Waals surface area contributed by atoms with Crippen molar-refractivity contribution < 1.29 is 9.59 Å². The lowest BCUT2D eigenvalue weighted by Crippen LogP contribution is -2.57. The van der Waals surface area contributed by atoms with Crippen LogP contribution < -0.4 is 10.2 Å². The molecule has 0 radical (unpaired) electrons. The molecule has 1 N–H and O–H groups in total. The number of rotatable bonds is 6. The standard InChI is InChI=1S/C28H32N4O2/c1-18(28-15-19-11-20(16-28)13-21(12-19)17-28)29-25-14-26(33)32(27(25)34)24-9-7-23(8-10-24)31-30-22-5-3-2-4-6-22/h2-10,18-21,25,29H,11-17H2,1H3/t18-,19?,20?,21?,25-,28?/m0/s1. The lowest BCUT2D eigenvalue weighted by molar-refractivity contribution is -0.122. The van der Waals surface area contributed by atoms with Gasteiger partial charge in [0.05, 0.1) is 29.5 Å². The maximum Gasteiger partial charge on any atom is 0.251 e. The Kier molecular flexibility index (Phi) is 5.36. The third-order valence-corrected chi connectivity index (χ3v) is 8.75. The summed E-state index contributed by atoms with van der Waals surface area (Å²) < 4.78 is 0. The largest absolute Gasteiger partial charge is 0.302 e. The smallest absolute Gasteiger partial charge is 0.251 e. The molecule has 6 nitrogen and oxygen atoms in total. The molecule has 0 unspecified atom stereocenters. The summed E-state index contributed by atoms with van der Waals surface area (Å²) in [5.41, 5.74) is 2.35. The van der Waals surface area contributed by atoms with Gasteiger partial charge in [-0.15, -0.1) is 0 Å². The Morgan fingerprint density at radius 3 is 2.00 bits per heavy atom. The first-order valence-corrected chi connectivity index (χ1v) is 12.7. The maximum atomic E-state index is 13.3. The average molecular weight is 457 g/mol. The Labute approximate surface area is 200 Å². The predicted octanol–water partition coefficient (Wildman–Crippen LogP) is 5.93. The Morgan fingerprint density at radius 2 is 1.41 bits per heavy atom. The lowest BCUT2D eigenvalue weighted by Gasteiger charge is -2.59. The number of imide groups is 1. The fraction of sp³-hybridized carbons (Fsp3) is 0.500. The minimum Gasteiger partial charge on any atom is -0.302 e. The van der Waals surface area contributed by atoms with Crippen LogP contribution in [0, 0.1) is 23.2 Å². The van der Waals surface area contributed by atoms with Crippen molar-refractivity contribution in [2.45, 2.75) is 64.0 Å². The quantitative estimate of drug-likeness (QED) is 0.432. The molecule has 1 saturated heterocycles. The number of amides is 2. The zero-order chi connectivity index (χ0) is 23.3. The van der Waals surface area contributed by atoms with Crippen LogP contribution in [0.2, 0.25) is 0 Å². The second-order valence-electron chi connectivity index (χ2n) is 11.0. The fourth-order valence-electron chi connectivity index (χ4n) is 7.50. The molecule has 4 aliphatic carbocycles. The van der Waals surface area contributed by atoms with Gasteiger partial charge in [0, 0.05) is 6.04 Å². The van der Waals surface area contributed by atoms with E-state index in [4.69, 9.17) is 0 Å². The van der Waals surface area contributed by atoms with E-state index < -0.39 is 6.04 Å². The second-order valence-corrected chi connectivity index (χ2v) is 11.0. The van der Waals surface area contributed by atoms with Gasteiger partial charge in [-0.1, -0.05) is 18.2 Å². The van der Waals surface area contributed by atoms with E-state index in [9.17, 15) is 9.59 Å². The highest BCUT2D eigenvalue weighted by Gasteiger charge is 2.54. The van der Waals surface area contributed by atoms with E-state index in [1.807, 2.05) is 30.3 Å². The third kappa shape index (κ3) is 3.88. The zero-order valence-electron chi connectivity index (χ0n) is 19.7. The monoisotopic (exact) mass is 456 g/mol. The number of nitrogens with one attached hydrogen (secondary N) is 1. The number of hydrogen-bond donors (Lipinski definition) is 1. The van der Waals surface area contributed by atoms with Crippen LogP contribution in [0.1, 0.15) is 51.9 Å². The molecule has 2 aromatic rings. The van der Waals surface area contributed by atoms with Crippen molar-refractivity contribution in [1.29, 1.82) is 0 Å². The first kappa shape index (κ1) is 21.7. The minimum atomic E-state index is -0.437. The molecule has 34 heavy (non-hydrogen) atoms. The van der Waals surface area contributed by atoms with Crippen molar-refractivity contribution >= 4 is 28.9 Å². The van der Waals surface area contributed by atoms with Crippen LogP contribution in [0.25, 0.3) is 0 Å². The molecule has 6 heteroatoms. The molecule has 7 rings (SSSR count). The van der Waals surface area contributed by atoms with Crippen molar-refractivity contribution in [3.05, 3.63) is 54.6 Å². The van der Waals surface area contributed by atoms with Gasteiger partial charge in [-0.2, -0.15) is 10.2 Å². The normalized spacial score (nSPS) is 33.3. The number of hydrogen-bond acceptors (Lipinski definition) is 5. The number of carbonyl (C=O) groups excluding carboxylic acids is 2. The van der Waals surface area contributed by atoms with Crippen LogP contribution in [0.5, 0.6) is 0 Å². The third-order valence-electron chi connectivity index (χ3n) is 8.75. The Bertz CT molecular complexity index is 1080. The molecule has 2 atom stereocenters. The molecule has 4 saturated carbocycles. The van der Waals surface area contributed by atoms with E-state index >= 15 is 0 Å². The first-order valence-electron chi connectivity index (χ1n) is 12.7. The van der Waals surface area contributed by atoms with Gasteiger partial charge in [-0.25, -0.2) is 4.90 Å². The second kappa shape index (κ2) is 8.42. The summed E-state index contributed by atoms with van der Waals surface area (Å²) in [5, 5.41) is 12.1. The van der Waals surface area contributed by atoms with Crippen LogP contribution in [-0.2, 0) is 9.59 Å². The molecule has 1 aliphatic heterocycles. The maximum absolute atomic E-state index is 13.3. The highest BCUT2D eigenvalue weighted by atomic mass is 16.2. The molecule has 2 aromatic carbocycles. The van der Waals surface area contributed by atoms with Crippen molar-refractivity contribution in [1.82, 2.24) is 5.32 Å². The molecule has 4 bridgehead atoms. The SMILES string of the molecule is C[C@H](N[C@H]1CC(=O)N(c2ccc(N=Nc3ccccc3)cc2)C1=O)C12CC3CC(CC(C3)C1)C2. The summed E-state index contributed by atoms with van der Waals surface area (Å²) in [6.45, 7) is 2.25. The number of benzene rings is 2. The van der Waals surface area contributed by atoms with E-state index in [-0.39, 0.29) is 24.3 Å². The molecule has 1 heterocycles. The van der Waals surface area contributed by atoms with Gasteiger partial charge in [0.1, 0.15) is 0 Å². The zero-order valence-corrected chi connectivity index (χ0v) is 19.7. The van der Waals surface area contributed by atoms with E-state index in [0.717, 1.165) is 23.4 Å². The van der Waals surface area contributed by atoms with Gasteiger partial charge >= 0.3 is 0 Å². The Hall–Kier alpha value is -2.86. The topological polar surface area (TPSA) is 74.1 Å². The summed E-state index contributed by atoms with van der Waals surface area (Å²) in [6.07, 6.45) is 8.29. The highest BCUT2D eigenvalue weighted by Crippen LogP contribution is 2.61. The van der Waals surface area contributed by atoms with Crippen molar-refractivity contribution in [2.24, 2.45) is 33.4 Å². The predicted molar refractivity (Wildman–Crippen MR) is 131 cm³/mol. The average Bonchev–Trinajstić information content (AvgIpc) is 3.10. The summed E-state index contributed by atoms with van der Waals surface area (Å²) >= 11 is 0. The molecule has 2 amide bonds. The molecule has 0 aromatic heterocycles. The molecule has 0 spiro atoms. The van der Waals surface area contributed by atoms with Crippen LogP contribution in [0.3, 0.4) is 0 Å². The number of nitrogens with zero attached hydrogens (tertiary/aromatic N) is 3. The first-order chi connectivity index (χ1) is 16.5. The van der Waals surface area contributed by atoms with E-state index in [1.165, 1.54) is 43.4 Å². The lowest BCUT2D eigenvalue weighted by atomic mass is 9.48. The summed E-state index contributed by atoms with van der Waals surface area (Å²) in [4.78, 5) is 27.5. The van der Waals surface area contributed by atoms with Crippen LogP contribution in [0.4, 0.5) is 17.1 Å². The molecular weight excluding hydrogens is 424 g/mol. The molecule has 176 valence electrons. The number of carbonyl (C=O) groups is 2. The Balaban J connectivity index is 1.13. The van der Waals surface area contributed by atoms with Gasteiger partial charge in [0.15, 0.2) is 0 Å². The fourth-order valence-corrected chi connectivity index (χ4v) is 7.50. The summed E-state index contributed by atoms with van der Waals surface area (Å²) in [7, 11) is 0. The molecule has 5 fully saturated rings. The molecular formula is C28H32N4O2. The van der Waals surface area contributed by atoms with Gasteiger partial charge in [0.25, 0.3) is 5.91 Å². The van der Waals surface area contributed by atoms with Gasteiger partial charge < -0.3 is 5.32 Å². The Morgan fingerprint density at radius 1 is 0.853 bits per heavy atom. The number of azo groups is 1. The van der Waals surface area contributed by atoms with Crippen molar-refractivity contribution in [2.75, 3.05) is 4.90 Å². The van der Waals surface area contributed by atoms with Gasteiger partial charge in [-0.3, -0.25) is 9.59 Å². The molecule has 5 aliphatic rings. The van der Waals surface area contributed by atoms with Crippen LogP contribution in [-0.4, -0.2) is 23.9 Å². The van der Waals surface area contributed by atoms with E-state index in [0.29, 0.717) is 16.8 Å². The van der Waals surface area contributed by atoms with Crippen molar-refractivity contribution in [3.8, 4) is 0 Å². The van der Waals surface area contributed by atoms with Crippen LogP contribution >= 0.6 is 0 Å². The van der Waals surface area contributed by atoms with Gasteiger partial charge in [-0.05, 0) is 105 Å². The summed E-state index contributed by atoms with van der Waals surface area (Å²) in [6, 6.07) is 16.5. The highest BCUT2D eigenvalue weighted by molar-refractivity contribution is 6.22.